The standard InChI is InChI=1S/C9H16N2O3/c1-6(2)7-3-11(5-9(13)14)4-8(12)10-7/h6-7H,3-5H2,1-2H3,(H,10,12)(H,13,14). The van der Waals surface area contributed by atoms with E-state index in [1.165, 1.54) is 0 Å². The van der Waals surface area contributed by atoms with E-state index in [0.29, 0.717) is 12.5 Å². The molecule has 0 bridgehead atoms. The summed E-state index contributed by atoms with van der Waals surface area (Å²) < 4.78 is 0. The Bertz CT molecular complexity index is 238. The third kappa shape index (κ3) is 2.99. The molecule has 2 N–H and O–H groups in total. The molecule has 0 aromatic carbocycles. The van der Waals surface area contributed by atoms with Gasteiger partial charge in [0.05, 0.1) is 13.1 Å². The minimum absolute atomic E-state index is 0.0589. The van der Waals surface area contributed by atoms with Gasteiger partial charge in [0.2, 0.25) is 5.91 Å². The molecular formula is C9H16N2O3. The van der Waals surface area contributed by atoms with Crippen LogP contribution in [0.25, 0.3) is 0 Å². The van der Waals surface area contributed by atoms with Gasteiger partial charge in [-0.3, -0.25) is 14.5 Å². The van der Waals surface area contributed by atoms with Crippen molar-refractivity contribution in [1.29, 1.82) is 0 Å². The average molecular weight is 200 g/mol. The van der Waals surface area contributed by atoms with Crippen LogP contribution in [0, 0.1) is 5.92 Å². The van der Waals surface area contributed by atoms with E-state index in [4.69, 9.17) is 5.11 Å². The van der Waals surface area contributed by atoms with Gasteiger partial charge in [0.15, 0.2) is 0 Å². The molecular weight excluding hydrogens is 184 g/mol. The van der Waals surface area contributed by atoms with Gasteiger partial charge < -0.3 is 10.4 Å². The van der Waals surface area contributed by atoms with Gasteiger partial charge in [0.1, 0.15) is 0 Å². The molecule has 1 aliphatic heterocycles. The minimum Gasteiger partial charge on any atom is -0.480 e. The highest BCUT2D eigenvalue weighted by Crippen LogP contribution is 2.08. The zero-order valence-electron chi connectivity index (χ0n) is 8.49. The number of nitrogens with one attached hydrogen (secondary N) is 1. The summed E-state index contributed by atoms with van der Waals surface area (Å²) >= 11 is 0. The number of hydrogen-bond donors (Lipinski definition) is 2. The van der Waals surface area contributed by atoms with Gasteiger partial charge in [-0.1, -0.05) is 13.8 Å². The van der Waals surface area contributed by atoms with Crippen molar-refractivity contribution in [2.75, 3.05) is 19.6 Å². The van der Waals surface area contributed by atoms with Crippen LogP contribution < -0.4 is 5.32 Å². The second-order valence-corrected chi connectivity index (χ2v) is 3.98. The Morgan fingerprint density at radius 1 is 1.71 bits per heavy atom. The van der Waals surface area contributed by atoms with Gasteiger partial charge in [-0.25, -0.2) is 0 Å². The average Bonchev–Trinajstić information content (AvgIpc) is 2.01. The van der Waals surface area contributed by atoms with Crippen LogP contribution in [0.15, 0.2) is 0 Å². The molecule has 1 saturated heterocycles. The number of rotatable bonds is 3. The van der Waals surface area contributed by atoms with Crippen LogP contribution in [0.4, 0.5) is 0 Å². The number of hydrogen-bond acceptors (Lipinski definition) is 3. The molecule has 0 spiro atoms. The lowest BCUT2D eigenvalue weighted by atomic mass is 10.0. The summed E-state index contributed by atoms with van der Waals surface area (Å²) in [6.07, 6.45) is 0. The third-order valence-electron chi connectivity index (χ3n) is 2.33. The Kier molecular flexibility index (Phi) is 3.46. The molecule has 1 heterocycles. The maximum Gasteiger partial charge on any atom is 0.317 e. The van der Waals surface area contributed by atoms with E-state index in [2.05, 4.69) is 5.32 Å². The van der Waals surface area contributed by atoms with E-state index < -0.39 is 5.97 Å². The van der Waals surface area contributed by atoms with Crippen molar-refractivity contribution in [2.45, 2.75) is 19.9 Å². The Hall–Kier alpha value is -1.10. The van der Waals surface area contributed by atoms with E-state index in [9.17, 15) is 9.59 Å². The third-order valence-corrected chi connectivity index (χ3v) is 2.33. The van der Waals surface area contributed by atoms with Crippen LogP contribution in [0.1, 0.15) is 13.8 Å². The zero-order valence-corrected chi connectivity index (χ0v) is 8.49. The molecule has 1 atom stereocenters. The summed E-state index contributed by atoms with van der Waals surface area (Å²) in [5, 5.41) is 11.4. The van der Waals surface area contributed by atoms with Crippen molar-refractivity contribution in [1.82, 2.24) is 10.2 Å². The summed E-state index contributed by atoms with van der Waals surface area (Å²) in [6, 6.07) is 0.0654. The predicted octanol–water partition coefficient (Wildman–Crippen LogP) is -0.473. The molecule has 0 aliphatic carbocycles. The highest BCUT2D eigenvalue weighted by molar-refractivity contribution is 5.80. The summed E-state index contributed by atoms with van der Waals surface area (Å²) in [6.45, 7) is 4.77. The monoisotopic (exact) mass is 200 g/mol. The Morgan fingerprint density at radius 3 is 2.86 bits per heavy atom. The van der Waals surface area contributed by atoms with Crippen LogP contribution in [0.2, 0.25) is 0 Å². The fraction of sp³-hybridized carbons (Fsp3) is 0.778. The predicted molar refractivity (Wildman–Crippen MR) is 50.8 cm³/mol. The minimum atomic E-state index is -0.887. The molecule has 0 aromatic rings. The van der Waals surface area contributed by atoms with Gasteiger partial charge in [0.25, 0.3) is 0 Å². The number of carbonyl (C=O) groups excluding carboxylic acids is 1. The summed E-state index contributed by atoms with van der Waals surface area (Å²) in [5.74, 6) is -0.644. The van der Waals surface area contributed by atoms with Gasteiger partial charge in [-0.2, -0.15) is 0 Å². The van der Waals surface area contributed by atoms with E-state index in [-0.39, 0.29) is 25.0 Å². The summed E-state index contributed by atoms with van der Waals surface area (Å²) in [4.78, 5) is 23.4. The summed E-state index contributed by atoms with van der Waals surface area (Å²) in [5.41, 5.74) is 0. The lowest BCUT2D eigenvalue weighted by molar-refractivity contribution is -0.139. The van der Waals surface area contributed by atoms with E-state index in [1.807, 2.05) is 13.8 Å². The molecule has 0 radical (unpaired) electrons. The number of carbonyl (C=O) groups is 2. The first-order chi connectivity index (χ1) is 6.49. The first-order valence-electron chi connectivity index (χ1n) is 4.72. The maximum absolute atomic E-state index is 11.2. The van der Waals surface area contributed by atoms with E-state index in [1.54, 1.807) is 4.90 Å². The highest BCUT2D eigenvalue weighted by Gasteiger charge is 2.27. The van der Waals surface area contributed by atoms with Crippen molar-refractivity contribution < 1.29 is 14.7 Å². The van der Waals surface area contributed by atoms with Crippen LogP contribution in [0.5, 0.6) is 0 Å². The molecule has 1 rings (SSSR count). The first-order valence-corrected chi connectivity index (χ1v) is 4.72. The normalized spacial score (nSPS) is 23.6. The number of piperazine rings is 1. The fourth-order valence-electron chi connectivity index (χ4n) is 1.53. The molecule has 0 aromatic heterocycles. The van der Waals surface area contributed by atoms with Crippen LogP contribution in [-0.2, 0) is 9.59 Å². The molecule has 1 aliphatic rings. The smallest absolute Gasteiger partial charge is 0.317 e. The van der Waals surface area contributed by atoms with Gasteiger partial charge in [0, 0.05) is 12.6 Å². The molecule has 0 saturated carbocycles. The van der Waals surface area contributed by atoms with Crippen LogP contribution in [0.3, 0.4) is 0 Å². The van der Waals surface area contributed by atoms with Crippen molar-refractivity contribution in [2.24, 2.45) is 5.92 Å². The SMILES string of the molecule is CC(C)C1CN(CC(=O)O)CC(=O)N1. The van der Waals surface area contributed by atoms with Crippen LogP contribution in [-0.4, -0.2) is 47.6 Å². The van der Waals surface area contributed by atoms with Crippen LogP contribution >= 0.6 is 0 Å². The number of nitrogens with zero attached hydrogens (tertiary/aromatic N) is 1. The molecule has 5 nitrogen and oxygen atoms in total. The molecule has 1 unspecified atom stereocenters. The van der Waals surface area contributed by atoms with Gasteiger partial charge >= 0.3 is 5.97 Å². The Balaban J connectivity index is 2.53. The van der Waals surface area contributed by atoms with Crippen molar-refractivity contribution in [3.05, 3.63) is 0 Å². The molecule has 1 fully saturated rings. The number of amides is 1. The van der Waals surface area contributed by atoms with Crippen molar-refractivity contribution in [3.63, 3.8) is 0 Å². The largest absolute Gasteiger partial charge is 0.480 e. The highest BCUT2D eigenvalue weighted by atomic mass is 16.4. The number of aliphatic carboxylic acids is 1. The second-order valence-electron chi connectivity index (χ2n) is 3.98. The van der Waals surface area contributed by atoms with Gasteiger partial charge in [-0.15, -0.1) is 0 Å². The quantitative estimate of drug-likeness (QED) is 0.646. The van der Waals surface area contributed by atoms with E-state index in [0.717, 1.165) is 0 Å². The number of carboxylic acids is 1. The fourth-order valence-corrected chi connectivity index (χ4v) is 1.53. The lowest BCUT2D eigenvalue weighted by Crippen LogP contribution is -2.56. The lowest BCUT2D eigenvalue weighted by Gasteiger charge is -2.34. The van der Waals surface area contributed by atoms with E-state index >= 15 is 0 Å². The summed E-state index contributed by atoms with van der Waals surface area (Å²) in [7, 11) is 0. The molecule has 80 valence electrons. The first kappa shape index (κ1) is 11.0. The Labute approximate surface area is 83.1 Å². The Morgan fingerprint density at radius 2 is 2.36 bits per heavy atom. The topological polar surface area (TPSA) is 69.6 Å². The van der Waals surface area contributed by atoms with Gasteiger partial charge in [-0.05, 0) is 5.92 Å². The molecule has 1 amide bonds. The molecule has 5 heteroatoms. The number of carboxylic acid groups (broad SMARTS) is 1. The maximum atomic E-state index is 11.2. The van der Waals surface area contributed by atoms with Crippen molar-refractivity contribution >= 4 is 11.9 Å². The molecule has 14 heavy (non-hydrogen) atoms. The second kappa shape index (κ2) is 4.41. The van der Waals surface area contributed by atoms with Crippen molar-refractivity contribution in [3.8, 4) is 0 Å². The zero-order chi connectivity index (χ0) is 10.7.